The molecule has 1 aliphatic heterocycles. The highest BCUT2D eigenvalue weighted by molar-refractivity contribution is 5.99. The summed E-state index contributed by atoms with van der Waals surface area (Å²) in [6.45, 7) is 2.86. The monoisotopic (exact) mass is 415 g/mol. The highest BCUT2D eigenvalue weighted by Crippen LogP contribution is 2.28. The highest BCUT2D eigenvalue weighted by atomic mass is 16.6. The molecule has 1 N–H and O–H groups in total. The van der Waals surface area contributed by atoms with Gasteiger partial charge in [0, 0.05) is 31.4 Å². The third-order valence-corrected chi connectivity index (χ3v) is 4.94. The second-order valence-corrected chi connectivity index (χ2v) is 6.75. The first-order valence-corrected chi connectivity index (χ1v) is 9.63. The van der Waals surface area contributed by atoms with E-state index < -0.39 is 10.8 Å². The number of ether oxygens (including phenoxy) is 3. The van der Waals surface area contributed by atoms with E-state index in [1.165, 1.54) is 6.07 Å². The van der Waals surface area contributed by atoms with Crippen LogP contribution >= 0.6 is 0 Å². The number of carbonyl (C=O) groups is 1. The summed E-state index contributed by atoms with van der Waals surface area (Å²) in [7, 11) is 3.12. The fraction of sp³-hybridized carbons (Fsp3) is 0.381. The lowest BCUT2D eigenvalue weighted by Gasteiger charge is -2.29. The Morgan fingerprint density at radius 3 is 2.53 bits per heavy atom. The van der Waals surface area contributed by atoms with Crippen molar-refractivity contribution in [1.29, 1.82) is 0 Å². The topological polar surface area (TPSA) is 103 Å². The minimum absolute atomic E-state index is 0.0521. The summed E-state index contributed by atoms with van der Waals surface area (Å²) >= 11 is 0. The Kier molecular flexibility index (Phi) is 7.08. The molecule has 1 heterocycles. The van der Waals surface area contributed by atoms with Gasteiger partial charge in [-0.05, 0) is 36.2 Å². The lowest BCUT2D eigenvalue weighted by molar-refractivity contribution is -0.385. The number of anilines is 1. The van der Waals surface area contributed by atoms with Gasteiger partial charge >= 0.3 is 0 Å². The summed E-state index contributed by atoms with van der Waals surface area (Å²) < 4.78 is 15.8. The molecule has 1 aliphatic rings. The van der Waals surface area contributed by atoms with Crippen LogP contribution in [0, 0.1) is 10.1 Å². The van der Waals surface area contributed by atoms with Crippen molar-refractivity contribution >= 4 is 17.3 Å². The Morgan fingerprint density at radius 2 is 1.87 bits per heavy atom. The van der Waals surface area contributed by atoms with Crippen molar-refractivity contribution in [1.82, 2.24) is 5.32 Å². The molecule has 0 unspecified atom stereocenters. The zero-order valence-electron chi connectivity index (χ0n) is 17.1. The Labute approximate surface area is 174 Å². The molecule has 1 amide bonds. The van der Waals surface area contributed by atoms with E-state index in [1.54, 1.807) is 32.4 Å². The second-order valence-electron chi connectivity index (χ2n) is 6.75. The van der Waals surface area contributed by atoms with E-state index in [9.17, 15) is 14.9 Å². The fourth-order valence-electron chi connectivity index (χ4n) is 3.34. The summed E-state index contributed by atoms with van der Waals surface area (Å²) in [6.07, 6.45) is 0.545. The first kappa shape index (κ1) is 21.4. The maximum atomic E-state index is 12.7. The summed E-state index contributed by atoms with van der Waals surface area (Å²) in [5, 5.41) is 14.2. The molecule has 0 spiro atoms. The molecule has 160 valence electrons. The molecule has 30 heavy (non-hydrogen) atoms. The molecule has 0 bridgehead atoms. The number of nitrogens with one attached hydrogen (secondary N) is 1. The van der Waals surface area contributed by atoms with Crippen molar-refractivity contribution in [3.05, 3.63) is 57.6 Å². The molecule has 2 aromatic carbocycles. The number of morpholine rings is 1. The minimum atomic E-state index is -0.535. The molecular weight excluding hydrogens is 390 g/mol. The van der Waals surface area contributed by atoms with Gasteiger partial charge in [0.25, 0.3) is 11.6 Å². The first-order valence-electron chi connectivity index (χ1n) is 9.63. The van der Waals surface area contributed by atoms with Gasteiger partial charge in [0.15, 0.2) is 11.5 Å². The molecule has 1 fully saturated rings. The number of methoxy groups -OCH3 is 2. The van der Waals surface area contributed by atoms with Crippen LogP contribution in [-0.4, -0.2) is 57.9 Å². The van der Waals surface area contributed by atoms with Crippen LogP contribution in [0.15, 0.2) is 36.4 Å². The molecule has 2 aromatic rings. The van der Waals surface area contributed by atoms with Gasteiger partial charge in [-0.3, -0.25) is 14.9 Å². The molecular formula is C21H25N3O6. The Bertz CT molecular complexity index is 912. The summed E-state index contributed by atoms with van der Waals surface area (Å²) in [5.41, 5.74) is 1.56. The van der Waals surface area contributed by atoms with Crippen LogP contribution in [0.2, 0.25) is 0 Å². The maximum absolute atomic E-state index is 12.7. The van der Waals surface area contributed by atoms with Crippen molar-refractivity contribution in [2.24, 2.45) is 0 Å². The predicted molar refractivity (Wildman–Crippen MR) is 112 cm³/mol. The molecule has 3 rings (SSSR count). The Morgan fingerprint density at radius 1 is 1.13 bits per heavy atom. The van der Waals surface area contributed by atoms with Gasteiger partial charge in [-0.1, -0.05) is 6.07 Å². The van der Waals surface area contributed by atoms with E-state index >= 15 is 0 Å². The normalized spacial score (nSPS) is 13.6. The molecule has 9 heteroatoms. The van der Waals surface area contributed by atoms with E-state index in [-0.39, 0.29) is 11.3 Å². The number of nitro benzene ring substituents is 1. The van der Waals surface area contributed by atoms with Gasteiger partial charge in [-0.2, -0.15) is 0 Å². The van der Waals surface area contributed by atoms with Crippen LogP contribution in [0.25, 0.3) is 0 Å². The third kappa shape index (κ3) is 4.98. The number of hydrogen-bond donors (Lipinski definition) is 1. The quantitative estimate of drug-likeness (QED) is 0.522. The molecule has 9 nitrogen and oxygen atoms in total. The lowest BCUT2D eigenvalue weighted by Crippen LogP contribution is -2.36. The zero-order chi connectivity index (χ0) is 21.5. The van der Waals surface area contributed by atoms with Crippen molar-refractivity contribution in [2.75, 3.05) is 52.0 Å². The second kappa shape index (κ2) is 9.93. The molecule has 0 aromatic heterocycles. The Hall–Kier alpha value is -3.33. The van der Waals surface area contributed by atoms with Crippen molar-refractivity contribution in [3.63, 3.8) is 0 Å². The van der Waals surface area contributed by atoms with Crippen LogP contribution in [0.1, 0.15) is 15.9 Å². The van der Waals surface area contributed by atoms with E-state index in [2.05, 4.69) is 5.32 Å². The number of amides is 1. The number of nitro groups is 1. The molecule has 0 saturated carbocycles. The average molecular weight is 415 g/mol. The van der Waals surface area contributed by atoms with Gasteiger partial charge < -0.3 is 24.4 Å². The van der Waals surface area contributed by atoms with Gasteiger partial charge in [0.2, 0.25) is 0 Å². The molecule has 0 aliphatic carbocycles. The summed E-state index contributed by atoms with van der Waals surface area (Å²) in [5.74, 6) is 0.758. The minimum Gasteiger partial charge on any atom is -0.493 e. The van der Waals surface area contributed by atoms with E-state index in [0.29, 0.717) is 50.8 Å². The number of carbonyl (C=O) groups excluding carboxylic acids is 1. The van der Waals surface area contributed by atoms with Crippen LogP contribution < -0.4 is 19.7 Å². The Balaban J connectivity index is 1.70. The van der Waals surface area contributed by atoms with Crippen LogP contribution in [-0.2, 0) is 11.2 Å². The van der Waals surface area contributed by atoms with Gasteiger partial charge in [0.1, 0.15) is 5.56 Å². The zero-order valence-corrected chi connectivity index (χ0v) is 17.1. The van der Waals surface area contributed by atoms with E-state index in [1.807, 2.05) is 17.0 Å². The van der Waals surface area contributed by atoms with Gasteiger partial charge in [0.05, 0.1) is 32.4 Å². The van der Waals surface area contributed by atoms with E-state index in [4.69, 9.17) is 14.2 Å². The standard InChI is InChI=1S/C21H25N3O6/c1-28-19-6-3-15(13-20(19)29-2)7-8-22-21(25)17-14-16(4-5-18(17)24(26)27)23-9-11-30-12-10-23/h3-6,13-14H,7-12H2,1-2H3,(H,22,25). The fourth-order valence-corrected chi connectivity index (χ4v) is 3.34. The summed E-state index contributed by atoms with van der Waals surface area (Å²) in [6, 6.07) is 10.2. The molecule has 0 atom stereocenters. The van der Waals surface area contributed by atoms with Crippen LogP contribution in [0.4, 0.5) is 11.4 Å². The average Bonchev–Trinajstić information content (AvgIpc) is 2.78. The van der Waals surface area contributed by atoms with Crippen molar-refractivity contribution in [3.8, 4) is 11.5 Å². The number of rotatable bonds is 8. The number of hydrogen-bond acceptors (Lipinski definition) is 7. The molecule has 1 saturated heterocycles. The van der Waals surface area contributed by atoms with Crippen molar-refractivity contribution < 1.29 is 23.9 Å². The smallest absolute Gasteiger partial charge is 0.282 e. The van der Waals surface area contributed by atoms with Crippen LogP contribution in [0.3, 0.4) is 0 Å². The largest absolute Gasteiger partial charge is 0.493 e. The summed E-state index contributed by atoms with van der Waals surface area (Å²) in [4.78, 5) is 25.6. The van der Waals surface area contributed by atoms with E-state index in [0.717, 1.165) is 11.3 Å². The molecule has 0 radical (unpaired) electrons. The van der Waals surface area contributed by atoms with Gasteiger partial charge in [-0.15, -0.1) is 0 Å². The lowest BCUT2D eigenvalue weighted by atomic mass is 10.1. The first-order chi connectivity index (χ1) is 14.5. The highest BCUT2D eigenvalue weighted by Gasteiger charge is 2.22. The van der Waals surface area contributed by atoms with Crippen molar-refractivity contribution in [2.45, 2.75) is 6.42 Å². The van der Waals surface area contributed by atoms with Gasteiger partial charge in [-0.25, -0.2) is 0 Å². The SMILES string of the molecule is COc1ccc(CCNC(=O)c2cc(N3CCOCC3)ccc2[N+](=O)[O-])cc1OC. The third-order valence-electron chi connectivity index (χ3n) is 4.94. The predicted octanol–water partition coefficient (Wildman–Crippen LogP) is 2.42. The maximum Gasteiger partial charge on any atom is 0.282 e. The van der Waals surface area contributed by atoms with Crippen LogP contribution in [0.5, 0.6) is 11.5 Å². The number of nitrogens with zero attached hydrogens (tertiary/aromatic N) is 2. The number of benzene rings is 2.